The maximum atomic E-state index is 12.9. The highest BCUT2D eigenvalue weighted by atomic mass is 16.5. The first-order valence-electron chi connectivity index (χ1n) is 7.68. The van der Waals surface area contributed by atoms with Crippen LogP contribution in [0.25, 0.3) is 0 Å². The number of likely N-dealkylation sites (N-methyl/N-ethyl adjacent to an activating group) is 1. The summed E-state index contributed by atoms with van der Waals surface area (Å²) in [5.41, 5.74) is 5.48. The Bertz CT molecular complexity index is 372. The van der Waals surface area contributed by atoms with Crippen LogP contribution in [0.15, 0.2) is 0 Å². The van der Waals surface area contributed by atoms with Gasteiger partial charge in [0, 0.05) is 37.6 Å². The van der Waals surface area contributed by atoms with Crippen LogP contribution in [0.3, 0.4) is 0 Å². The molecule has 1 aliphatic carbocycles. The molecule has 0 spiro atoms. The molecule has 2 aliphatic rings. The summed E-state index contributed by atoms with van der Waals surface area (Å²) in [5.74, 6) is 0.211. The van der Waals surface area contributed by atoms with Gasteiger partial charge in [-0.1, -0.05) is 13.8 Å². The summed E-state index contributed by atoms with van der Waals surface area (Å²) in [5, 5.41) is 0. The summed E-state index contributed by atoms with van der Waals surface area (Å²) < 4.78 is 11.1. The van der Waals surface area contributed by atoms with E-state index in [0.29, 0.717) is 26.3 Å². The third-order valence-corrected chi connectivity index (χ3v) is 5.19. The normalized spacial score (nSPS) is 34.5. The van der Waals surface area contributed by atoms with Gasteiger partial charge < -0.3 is 20.1 Å². The number of nitrogens with two attached hydrogens (primary N) is 1. The van der Waals surface area contributed by atoms with Crippen LogP contribution in [0, 0.1) is 11.3 Å². The van der Waals surface area contributed by atoms with Crippen molar-refractivity contribution in [1.82, 2.24) is 4.90 Å². The molecule has 3 atom stereocenters. The van der Waals surface area contributed by atoms with Gasteiger partial charge in [0.25, 0.3) is 0 Å². The van der Waals surface area contributed by atoms with Crippen molar-refractivity contribution < 1.29 is 14.3 Å². The molecule has 1 heterocycles. The van der Waals surface area contributed by atoms with Crippen LogP contribution in [-0.4, -0.2) is 55.4 Å². The zero-order valence-corrected chi connectivity index (χ0v) is 13.1. The number of rotatable bonds is 6. The van der Waals surface area contributed by atoms with Crippen molar-refractivity contribution >= 4 is 5.91 Å². The molecule has 5 nitrogen and oxygen atoms in total. The Balaban J connectivity index is 2.10. The number of hydrogen-bond acceptors (Lipinski definition) is 4. The Kier molecular flexibility index (Phi) is 4.42. The van der Waals surface area contributed by atoms with E-state index in [1.54, 1.807) is 0 Å². The van der Waals surface area contributed by atoms with Crippen LogP contribution < -0.4 is 5.73 Å². The van der Waals surface area contributed by atoms with Gasteiger partial charge in [-0.25, -0.2) is 0 Å². The number of carbonyl (C=O) groups excluding carboxylic acids is 1. The molecule has 0 aromatic carbocycles. The molecular formula is C15H28N2O3. The number of ether oxygens (including phenoxy) is 2. The largest absolute Gasteiger partial charge is 0.380 e. The van der Waals surface area contributed by atoms with E-state index in [1.807, 2.05) is 32.6 Å². The van der Waals surface area contributed by atoms with Crippen LogP contribution in [-0.2, 0) is 14.3 Å². The van der Waals surface area contributed by atoms with Gasteiger partial charge in [0.05, 0.1) is 12.7 Å². The fourth-order valence-electron chi connectivity index (χ4n) is 3.80. The molecule has 2 rings (SSSR count). The van der Waals surface area contributed by atoms with E-state index >= 15 is 0 Å². The van der Waals surface area contributed by atoms with Gasteiger partial charge in [0.1, 0.15) is 5.54 Å². The predicted molar refractivity (Wildman–Crippen MR) is 77.3 cm³/mol. The van der Waals surface area contributed by atoms with Crippen molar-refractivity contribution in [3.05, 3.63) is 0 Å². The topological polar surface area (TPSA) is 64.8 Å². The van der Waals surface area contributed by atoms with Crippen LogP contribution in [0.4, 0.5) is 0 Å². The highest BCUT2D eigenvalue weighted by molar-refractivity contribution is 5.89. The maximum Gasteiger partial charge on any atom is 0.243 e. The van der Waals surface area contributed by atoms with Gasteiger partial charge in [0.2, 0.25) is 5.91 Å². The van der Waals surface area contributed by atoms with E-state index in [1.165, 1.54) is 0 Å². The zero-order chi connectivity index (χ0) is 15.0. The molecule has 1 aliphatic heterocycles. The van der Waals surface area contributed by atoms with Crippen molar-refractivity contribution in [2.45, 2.75) is 45.8 Å². The Morgan fingerprint density at radius 1 is 1.45 bits per heavy atom. The fraction of sp³-hybridized carbons (Fsp3) is 0.933. The van der Waals surface area contributed by atoms with Crippen molar-refractivity contribution in [2.24, 2.45) is 17.1 Å². The summed E-state index contributed by atoms with van der Waals surface area (Å²) in [6.07, 6.45) is 1.02. The predicted octanol–water partition coefficient (Wildman–Crippen LogP) is 1.01. The molecule has 2 fully saturated rings. The minimum atomic E-state index is -0.795. The van der Waals surface area contributed by atoms with E-state index in [9.17, 15) is 4.79 Å². The first kappa shape index (κ1) is 15.7. The Labute approximate surface area is 121 Å². The summed E-state index contributed by atoms with van der Waals surface area (Å²) in [7, 11) is 0. The molecular weight excluding hydrogens is 256 g/mol. The van der Waals surface area contributed by atoms with E-state index in [0.717, 1.165) is 13.0 Å². The lowest BCUT2D eigenvalue weighted by molar-refractivity contribution is -0.184. The zero-order valence-electron chi connectivity index (χ0n) is 13.1. The van der Waals surface area contributed by atoms with Crippen molar-refractivity contribution in [1.29, 1.82) is 0 Å². The number of fused-ring (bicyclic) bond motifs is 1. The molecule has 20 heavy (non-hydrogen) atoms. The lowest BCUT2D eigenvalue weighted by Gasteiger charge is -2.61. The summed E-state index contributed by atoms with van der Waals surface area (Å²) in [6, 6.07) is 0. The number of nitrogens with zero attached hydrogens (tertiary/aromatic N) is 1. The van der Waals surface area contributed by atoms with Gasteiger partial charge in [-0.3, -0.25) is 4.79 Å². The highest BCUT2D eigenvalue weighted by Gasteiger charge is 2.71. The van der Waals surface area contributed by atoms with E-state index in [4.69, 9.17) is 15.2 Å². The molecule has 5 heteroatoms. The molecule has 0 aromatic heterocycles. The van der Waals surface area contributed by atoms with E-state index in [2.05, 4.69) is 0 Å². The molecule has 0 aromatic rings. The number of amides is 1. The van der Waals surface area contributed by atoms with Gasteiger partial charge in [-0.2, -0.15) is 0 Å². The Morgan fingerprint density at radius 2 is 2.15 bits per heavy atom. The van der Waals surface area contributed by atoms with Crippen LogP contribution >= 0.6 is 0 Å². The molecule has 0 bridgehead atoms. The van der Waals surface area contributed by atoms with Crippen LogP contribution in [0.2, 0.25) is 0 Å². The molecule has 116 valence electrons. The van der Waals surface area contributed by atoms with E-state index < -0.39 is 5.54 Å². The average Bonchev–Trinajstić information content (AvgIpc) is 2.90. The van der Waals surface area contributed by atoms with Gasteiger partial charge in [-0.05, 0) is 20.3 Å². The third kappa shape index (κ3) is 2.07. The van der Waals surface area contributed by atoms with Crippen molar-refractivity contribution in [3.63, 3.8) is 0 Å². The van der Waals surface area contributed by atoms with Gasteiger partial charge in [-0.15, -0.1) is 0 Å². The summed E-state index contributed by atoms with van der Waals surface area (Å²) in [6.45, 7) is 11.3. The summed E-state index contributed by atoms with van der Waals surface area (Å²) >= 11 is 0. The van der Waals surface area contributed by atoms with Crippen molar-refractivity contribution in [2.75, 3.05) is 32.9 Å². The second-order valence-corrected chi connectivity index (χ2v) is 6.36. The molecule has 1 amide bonds. The minimum absolute atomic E-state index is 0.0523. The molecule has 1 saturated carbocycles. The first-order valence-corrected chi connectivity index (χ1v) is 7.68. The monoisotopic (exact) mass is 284 g/mol. The average molecular weight is 284 g/mol. The standard InChI is InChI=1S/C15H28N2O3/c1-5-17(8-10-19-6-2)13(18)15(16)11-7-9-20-12(11)14(15,3)4/h11-12H,5-10,16H2,1-4H3. The highest BCUT2D eigenvalue weighted by Crippen LogP contribution is 2.58. The quantitative estimate of drug-likeness (QED) is 0.739. The summed E-state index contributed by atoms with van der Waals surface area (Å²) in [4.78, 5) is 14.7. The van der Waals surface area contributed by atoms with Gasteiger partial charge in [0.15, 0.2) is 0 Å². The Hall–Kier alpha value is -0.650. The smallest absolute Gasteiger partial charge is 0.243 e. The molecule has 0 radical (unpaired) electrons. The second kappa shape index (κ2) is 5.62. The Morgan fingerprint density at radius 3 is 2.75 bits per heavy atom. The minimum Gasteiger partial charge on any atom is -0.380 e. The third-order valence-electron chi connectivity index (χ3n) is 5.19. The van der Waals surface area contributed by atoms with Gasteiger partial charge >= 0.3 is 0 Å². The lowest BCUT2D eigenvalue weighted by Crippen LogP contribution is -2.80. The SMILES string of the molecule is CCOCCN(CC)C(=O)C1(N)C2CCOC2C1(C)C. The lowest BCUT2D eigenvalue weighted by atomic mass is 9.47. The number of carbonyl (C=O) groups is 1. The van der Waals surface area contributed by atoms with Crippen LogP contribution in [0.1, 0.15) is 34.1 Å². The van der Waals surface area contributed by atoms with Crippen molar-refractivity contribution in [3.8, 4) is 0 Å². The molecule has 3 unspecified atom stereocenters. The molecule has 2 N–H and O–H groups in total. The second-order valence-electron chi connectivity index (χ2n) is 6.36. The fourth-order valence-corrected chi connectivity index (χ4v) is 3.80. The molecule has 1 saturated heterocycles. The first-order chi connectivity index (χ1) is 9.41. The number of hydrogen-bond donors (Lipinski definition) is 1. The van der Waals surface area contributed by atoms with Crippen LogP contribution in [0.5, 0.6) is 0 Å². The maximum absolute atomic E-state index is 12.9. The van der Waals surface area contributed by atoms with E-state index in [-0.39, 0.29) is 23.3 Å².